The second kappa shape index (κ2) is 6.05. The van der Waals surface area contributed by atoms with E-state index in [2.05, 4.69) is 49.1 Å². The third kappa shape index (κ3) is 4.38. The van der Waals surface area contributed by atoms with Crippen molar-refractivity contribution in [3.8, 4) is 0 Å². The zero-order chi connectivity index (χ0) is 12.9. The monoisotopic (exact) mass is 238 g/mol. The third-order valence-corrected chi connectivity index (χ3v) is 2.96. The predicted molar refractivity (Wildman–Crippen MR) is 73.7 cm³/mol. The summed E-state index contributed by atoms with van der Waals surface area (Å²) in [4.78, 5) is 2.25. The van der Waals surface area contributed by atoms with E-state index in [0.29, 0.717) is 0 Å². The van der Waals surface area contributed by atoms with Crippen LogP contribution in [0.15, 0.2) is 16.9 Å². The molecular weight excluding hydrogens is 212 g/mol. The van der Waals surface area contributed by atoms with Crippen LogP contribution in [0.5, 0.6) is 0 Å². The Morgan fingerprint density at radius 1 is 1.53 bits per heavy atom. The van der Waals surface area contributed by atoms with Crippen molar-refractivity contribution < 1.29 is 0 Å². The number of hydrogen-bond donors (Lipinski definition) is 2. The lowest BCUT2D eigenvalue weighted by Gasteiger charge is -2.25. The second-order valence-corrected chi connectivity index (χ2v) is 5.51. The number of nitrogens with two attached hydrogens (primary N) is 1. The highest BCUT2D eigenvalue weighted by Crippen LogP contribution is 2.19. The van der Waals surface area contributed by atoms with Crippen molar-refractivity contribution in [1.82, 2.24) is 10.2 Å². The van der Waals surface area contributed by atoms with Crippen LogP contribution in [0, 0.1) is 0 Å². The van der Waals surface area contributed by atoms with Gasteiger partial charge in [0.25, 0.3) is 0 Å². The first-order valence-electron chi connectivity index (χ1n) is 6.42. The van der Waals surface area contributed by atoms with Gasteiger partial charge in [-0.1, -0.05) is 6.08 Å². The van der Waals surface area contributed by atoms with Crippen molar-refractivity contribution in [2.45, 2.75) is 52.5 Å². The van der Waals surface area contributed by atoms with Gasteiger partial charge in [-0.3, -0.25) is 0 Å². The van der Waals surface area contributed by atoms with E-state index in [1.165, 1.54) is 5.70 Å². The first-order valence-corrected chi connectivity index (χ1v) is 6.42. The Kier molecular flexibility index (Phi) is 5.00. The Hall–Kier alpha value is -1.03. The lowest BCUT2D eigenvalue weighted by atomic mass is 10.1. The summed E-state index contributed by atoms with van der Waals surface area (Å²) in [6, 6.07) is 0. The molecule has 0 aromatic rings. The van der Waals surface area contributed by atoms with Crippen LogP contribution >= 0.6 is 0 Å². The summed E-state index contributed by atoms with van der Waals surface area (Å²) < 4.78 is 0. The molecule has 1 aliphatic heterocycles. The molecule has 0 aromatic heterocycles. The molecule has 1 fully saturated rings. The molecule has 4 heteroatoms. The topological polar surface area (TPSA) is 53.6 Å². The lowest BCUT2D eigenvalue weighted by molar-refractivity contribution is 0.416. The van der Waals surface area contributed by atoms with Crippen molar-refractivity contribution in [1.29, 1.82) is 0 Å². The molecule has 0 bridgehead atoms. The average molecular weight is 238 g/mol. The van der Waals surface area contributed by atoms with Gasteiger partial charge < -0.3 is 16.1 Å². The quantitative estimate of drug-likeness (QED) is 0.582. The van der Waals surface area contributed by atoms with Crippen molar-refractivity contribution in [2.75, 3.05) is 13.1 Å². The molecule has 0 amide bonds. The van der Waals surface area contributed by atoms with Crippen LogP contribution in [-0.4, -0.2) is 29.4 Å². The second-order valence-electron chi connectivity index (χ2n) is 5.51. The van der Waals surface area contributed by atoms with Crippen molar-refractivity contribution in [2.24, 2.45) is 10.9 Å². The van der Waals surface area contributed by atoms with E-state index >= 15 is 0 Å². The van der Waals surface area contributed by atoms with Crippen molar-refractivity contribution in [3.63, 3.8) is 0 Å². The lowest BCUT2D eigenvalue weighted by Crippen LogP contribution is -2.37. The van der Waals surface area contributed by atoms with Gasteiger partial charge in [0, 0.05) is 30.7 Å². The highest BCUT2D eigenvalue weighted by molar-refractivity contribution is 5.85. The maximum absolute atomic E-state index is 5.42. The summed E-state index contributed by atoms with van der Waals surface area (Å²) in [6.45, 7) is 10.7. The van der Waals surface area contributed by atoms with Crippen molar-refractivity contribution in [3.05, 3.63) is 11.8 Å². The Balaban J connectivity index is 2.50. The first-order chi connectivity index (χ1) is 7.98. The van der Waals surface area contributed by atoms with Gasteiger partial charge in [-0.15, -0.1) is 0 Å². The fourth-order valence-corrected chi connectivity index (χ4v) is 2.10. The fraction of sp³-hybridized carbons (Fsp3) is 0.769. The number of amidine groups is 1. The molecule has 0 unspecified atom stereocenters. The number of allylic oxidation sites excluding steroid dienone is 1. The van der Waals surface area contributed by atoms with Gasteiger partial charge >= 0.3 is 0 Å². The standard InChI is InChI=1S/C13H26N4/c1-5-11(8-9-15-13(2,3)4)17-10-6-7-12(17)16-14/h5,15H,6-10,14H2,1-4H3/b11-5-,16-12-. The summed E-state index contributed by atoms with van der Waals surface area (Å²) in [6.07, 6.45) is 5.34. The van der Waals surface area contributed by atoms with Crippen molar-refractivity contribution >= 4 is 5.84 Å². The van der Waals surface area contributed by atoms with E-state index in [0.717, 1.165) is 38.2 Å². The molecule has 3 N–H and O–H groups in total. The molecule has 0 atom stereocenters. The molecule has 1 heterocycles. The summed E-state index contributed by atoms with van der Waals surface area (Å²) >= 11 is 0. The van der Waals surface area contributed by atoms with Crippen LogP contribution in [-0.2, 0) is 0 Å². The SMILES string of the molecule is C/C=C(/CCNC(C)(C)C)N1CCC/C1=N/N. The highest BCUT2D eigenvalue weighted by Gasteiger charge is 2.21. The third-order valence-electron chi connectivity index (χ3n) is 2.96. The van der Waals surface area contributed by atoms with Crippen LogP contribution in [0.3, 0.4) is 0 Å². The molecule has 17 heavy (non-hydrogen) atoms. The predicted octanol–water partition coefficient (Wildman–Crippen LogP) is 2.04. The summed E-state index contributed by atoms with van der Waals surface area (Å²) in [7, 11) is 0. The summed E-state index contributed by atoms with van der Waals surface area (Å²) in [5.41, 5.74) is 1.50. The van der Waals surface area contributed by atoms with Gasteiger partial charge in [-0.05, 0) is 40.5 Å². The number of rotatable bonds is 4. The first kappa shape index (κ1) is 14.0. The van der Waals surface area contributed by atoms with E-state index < -0.39 is 0 Å². The number of hydrogen-bond acceptors (Lipinski definition) is 3. The number of nitrogens with one attached hydrogen (secondary N) is 1. The van der Waals surface area contributed by atoms with Crippen LogP contribution in [0.25, 0.3) is 0 Å². The van der Waals surface area contributed by atoms with Crippen LogP contribution < -0.4 is 11.2 Å². The van der Waals surface area contributed by atoms with Gasteiger partial charge in [-0.25, -0.2) is 0 Å². The van der Waals surface area contributed by atoms with E-state index in [4.69, 9.17) is 5.84 Å². The van der Waals surface area contributed by atoms with Gasteiger partial charge in [0.1, 0.15) is 5.84 Å². The Bertz CT molecular complexity index is 299. The smallest absolute Gasteiger partial charge is 0.128 e. The summed E-state index contributed by atoms with van der Waals surface area (Å²) in [5, 5.41) is 7.38. The number of likely N-dealkylation sites (tertiary alicyclic amines) is 1. The summed E-state index contributed by atoms with van der Waals surface area (Å²) in [5.74, 6) is 6.44. The van der Waals surface area contributed by atoms with Gasteiger partial charge in [0.15, 0.2) is 0 Å². The minimum Gasteiger partial charge on any atom is -0.332 e. The maximum atomic E-state index is 5.42. The molecule has 4 nitrogen and oxygen atoms in total. The molecule has 98 valence electrons. The van der Waals surface area contributed by atoms with Gasteiger partial charge in [0.05, 0.1) is 0 Å². The number of hydrazone groups is 1. The number of nitrogens with zero attached hydrogens (tertiary/aromatic N) is 2. The zero-order valence-corrected chi connectivity index (χ0v) is 11.6. The average Bonchev–Trinajstić information content (AvgIpc) is 2.70. The molecule has 1 aliphatic rings. The van der Waals surface area contributed by atoms with Crippen LogP contribution in [0.1, 0.15) is 47.0 Å². The van der Waals surface area contributed by atoms with Crippen LogP contribution in [0.2, 0.25) is 0 Å². The zero-order valence-electron chi connectivity index (χ0n) is 11.6. The Labute approximate surface area is 105 Å². The van der Waals surface area contributed by atoms with E-state index in [1.54, 1.807) is 0 Å². The van der Waals surface area contributed by atoms with E-state index in [1.807, 2.05) is 0 Å². The van der Waals surface area contributed by atoms with Crippen LogP contribution in [0.4, 0.5) is 0 Å². The minimum atomic E-state index is 0.175. The Morgan fingerprint density at radius 3 is 2.76 bits per heavy atom. The maximum Gasteiger partial charge on any atom is 0.128 e. The normalized spacial score (nSPS) is 20.4. The largest absolute Gasteiger partial charge is 0.332 e. The molecule has 0 spiro atoms. The molecule has 0 aliphatic carbocycles. The molecule has 1 saturated heterocycles. The van der Waals surface area contributed by atoms with E-state index in [-0.39, 0.29) is 5.54 Å². The van der Waals surface area contributed by atoms with E-state index in [9.17, 15) is 0 Å². The highest BCUT2D eigenvalue weighted by atomic mass is 15.3. The van der Waals surface area contributed by atoms with Gasteiger partial charge in [-0.2, -0.15) is 5.10 Å². The van der Waals surface area contributed by atoms with Gasteiger partial charge in [0.2, 0.25) is 0 Å². The molecule has 0 aromatic carbocycles. The minimum absolute atomic E-state index is 0.175. The Morgan fingerprint density at radius 2 is 2.24 bits per heavy atom. The molecular formula is C13H26N4. The fourth-order valence-electron chi connectivity index (χ4n) is 2.10. The molecule has 1 rings (SSSR count). The molecule has 0 saturated carbocycles. The molecule has 0 radical (unpaired) electrons.